The van der Waals surface area contributed by atoms with Crippen LogP contribution in [0.15, 0.2) is 30.7 Å². The third-order valence-corrected chi connectivity index (χ3v) is 3.13. The Balaban J connectivity index is 1.81. The highest BCUT2D eigenvalue weighted by molar-refractivity contribution is 5.92. The Labute approximate surface area is 124 Å². The highest BCUT2D eigenvalue weighted by Gasteiger charge is 2.07. The Morgan fingerprint density at radius 3 is 2.76 bits per heavy atom. The lowest BCUT2D eigenvalue weighted by Crippen LogP contribution is -2.27. The van der Waals surface area contributed by atoms with Crippen LogP contribution in [0.3, 0.4) is 0 Å². The summed E-state index contributed by atoms with van der Waals surface area (Å²) in [4.78, 5) is 20.3. The third kappa shape index (κ3) is 4.30. The normalized spacial score (nSPS) is 10.4. The monoisotopic (exact) mass is 287 g/mol. The molecule has 21 heavy (non-hydrogen) atoms. The molecule has 0 spiro atoms. The van der Waals surface area contributed by atoms with Crippen LogP contribution in [-0.2, 0) is 13.5 Å². The summed E-state index contributed by atoms with van der Waals surface area (Å²) in [6, 6.07) is 3.60. The summed E-state index contributed by atoms with van der Waals surface area (Å²) < 4.78 is 1.94. The Morgan fingerprint density at radius 1 is 1.29 bits per heavy atom. The summed E-state index contributed by atoms with van der Waals surface area (Å²) in [5, 5.41) is 6.08. The average Bonchev–Trinajstić information content (AvgIpc) is 2.91. The molecule has 2 rings (SSSR count). The first-order valence-corrected chi connectivity index (χ1v) is 7.15. The molecule has 0 fully saturated rings. The molecule has 0 radical (unpaired) electrons. The van der Waals surface area contributed by atoms with Gasteiger partial charge in [-0.1, -0.05) is 6.92 Å². The number of imidazole rings is 1. The topological polar surface area (TPSA) is 71.8 Å². The van der Waals surface area contributed by atoms with Gasteiger partial charge in [-0.3, -0.25) is 4.79 Å². The summed E-state index contributed by atoms with van der Waals surface area (Å²) in [6.07, 6.45) is 7.08. The quantitative estimate of drug-likeness (QED) is 0.811. The number of aromatic nitrogens is 3. The predicted octanol–water partition coefficient (Wildman–Crippen LogP) is 1.61. The first-order chi connectivity index (χ1) is 10.2. The maximum absolute atomic E-state index is 12.0. The number of nitrogens with one attached hydrogen (secondary N) is 2. The van der Waals surface area contributed by atoms with Gasteiger partial charge in [0, 0.05) is 39.0 Å². The van der Waals surface area contributed by atoms with Crippen LogP contribution >= 0.6 is 0 Å². The fraction of sp³-hybridized carbons (Fsp3) is 0.400. The van der Waals surface area contributed by atoms with Crippen LogP contribution in [0.1, 0.15) is 29.7 Å². The summed E-state index contributed by atoms with van der Waals surface area (Å²) >= 11 is 0. The van der Waals surface area contributed by atoms with Crippen molar-refractivity contribution in [3.63, 3.8) is 0 Å². The van der Waals surface area contributed by atoms with Crippen LogP contribution in [0.5, 0.6) is 0 Å². The van der Waals surface area contributed by atoms with Gasteiger partial charge < -0.3 is 15.2 Å². The fourth-order valence-corrected chi connectivity index (χ4v) is 1.92. The second-order valence-electron chi connectivity index (χ2n) is 4.82. The van der Waals surface area contributed by atoms with E-state index in [9.17, 15) is 4.79 Å². The van der Waals surface area contributed by atoms with Crippen molar-refractivity contribution in [2.24, 2.45) is 7.05 Å². The molecule has 6 heteroatoms. The van der Waals surface area contributed by atoms with E-state index in [1.165, 1.54) is 0 Å². The zero-order valence-corrected chi connectivity index (χ0v) is 12.5. The second kappa shape index (κ2) is 7.42. The van der Waals surface area contributed by atoms with E-state index in [1.54, 1.807) is 18.5 Å². The highest BCUT2D eigenvalue weighted by atomic mass is 16.1. The van der Waals surface area contributed by atoms with Crippen molar-refractivity contribution in [2.75, 3.05) is 18.4 Å². The third-order valence-electron chi connectivity index (χ3n) is 3.13. The van der Waals surface area contributed by atoms with Crippen LogP contribution in [-0.4, -0.2) is 33.5 Å². The Kier molecular flexibility index (Phi) is 5.31. The van der Waals surface area contributed by atoms with Gasteiger partial charge in [-0.15, -0.1) is 0 Å². The van der Waals surface area contributed by atoms with Crippen molar-refractivity contribution in [1.29, 1.82) is 0 Å². The number of carbonyl (C=O) groups excluding carboxylic acids is 1. The molecule has 0 bridgehead atoms. The van der Waals surface area contributed by atoms with Crippen molar-refractivity contribution in [1.82, 2.24) is 19.9 Å². The van der Waals surface area contributed by atoms with Gasteiger partial charge in [0.1, 0.15) is 11.5 Å². The zero-order valence-electron chi connectivity index (χ0n) is 12.5. The summed E-state index contributed by atoms with van der Waals surface area (Å²) in [7, 11) is 1.94. The molecule has 0 aromatic carbocycles. The van der Waals surface area contributed by atoms with E-state index in [-0.39, 0.29) is 5.91 Å². The maximum Gasteiger partial charge on any atom is 0.269 e. The lowest BCUT2D eigenvalue weighted by molar-refractivity contribution is 0.0949. The minimum absolute atomic E-state index is 0.161. The Hall–Kier alpha value is -2.37. The molecule has 0 aliphatic heterocycles. The average molecular weight is 287 g/mol. The van der Waals surface area contributed by atoms with Crippen molar-refractivity contribution >= 4 is 11.6 Å². The molecule has 0 atom stereocenters. The first-order valence-electron chi connectivity index (χ1n) is 7.15. The number of rotatable bonds is 7. The zero-order chi connectivity index (χ0) is 15.1. The Bertz CT molecular complexity index is 576. The van der Waals surface area contributed by atoms with Gasteiger partial charge in [-0.25, -0.2) is 9.97 Å². The number of hydrogen-bond acceptors (Lipinski definition) is 4. The number of amides is 1. The minimum atomic E-state index is -0.161. The van der Waals surface area contributed by atoms with Crippen LogP contribution in [0.4, 0.5) is 5.69 Å². The number of anilines is 1. The van der Waals surface area contributed by atoms with Crippen molar-refractivity contribution in [2.45, 2.75) is 19.8 Å². The summed E-state index contributed by atoms with van der Waals surface area (Å²) in [5.41, 5.74) is 1.36. The number of nitrogens with zero attached hydrogens (tertiary/aromatic N) is 3. The number of pyridine rings is 1. The van der Waals surface area contributed by atoms with Crippen molar-refractivity contribution < 1.29 is 4.79 Å². The maximum atomic E-state index is 12.0. The second-order valence-corrected chi connectivity index (χ2v) is 4.82. The van der Waals surface area contributed by atoms with Gasteiger partial charge in [0.25, 0.3) is 5.91 Å². The standard InChI is InChI=1S/C15H21N5O/c1-3-7-16-12-4-5-13(19-11-12)15(21)18-8-6-14-17-9-10-20(14)2/h4-5,9-11,16H,3,6-8H2,1-2H3,(H,18,21). The molecular formula is C15H21N5O. The molecule has 2 N–H and O–H groups in total. The molecular weight excluding hydrogens is 266 g/mol. The lowest BCUT2D eigenvalue weighted by Gasteiger charge is -2.07. The van der Waals surface area contributed by atoms with E-state index in [4.69, 9.17) is 0 Å². The van der Waals surface area contributed by atoms with Crippen LogP contribution in [0.2, 0.25) is 0 Å². The van der Waals surface area contributed by atoms with E-state index in [2.05, 4.69) is 27.5 Å². The molecule has 2 heterocycles. The van der Waals surface area contributed by atoms with E-state index in [0.717, 1.165) is 24.5 Å². The van der Waals surface area contributed by atoms with E-state index >= 15 is 0 Å². The minimum Gasteiger partial charge on any atom is -0.384 e. The summed E-state index contributed by atoms with van der Waals surface area (Å²) in [6.45, 7) is 3.54. The largest absolute Gasteiger partial charge is 0.384 e. The molecule has 0 aliphatic rings. The van der Waals surface area contributed by atoms with Gasteiger partial charge >= 0.3 is 0 Å². The van der Waals surface area contributed by atoms with Crippen LogP contribution in [0, 0.1) is 0 Å². The molecule has 0 saturated heterocycles. The number of carbonyl (C=O) groups is 1. The van der Waals surface area contributed by atoms with Gasteiger partial charge in [0.15, 0.2) is 0 Å². The molecule has 112 valence electrons. The molecule has 0 saturated carbocycles. The van der Waals surface area contributed by atoms with Crippen LogP contribution < -0.4 is 10.6 Å². The number of hydrogen-bond donors (Lipinski definition) is 2. The molecule has 0 unspecified atom stereocenters. The molecule has 6 nitrogen and oxygen atoms in total. The SMILES string of the molecule is CCCNc1ccc(C(=O)NCCc2nccn2C)nc1. The van der Waals surface area contributed by atoms with Crippen molar-refractivity contribution in [3.8, 4) is 0 Å². The van der Waals surface area contributed by atoms with Gasteiger partial charge in [-0.05, 0) is 18.6 Å². The van der Waals surface area contributed by atoms with Gasteiger partial charge in [0.2, 0.25) is 0 Å². The van der Waals surface area contributed by atoms with E-state index in [0.29, 0.717) is 18.7 Å². The molecule has 0 aliphatic carbocycles. The summed E-state index contributed by atoms with van der Waals surface area (Å²) in [5.74, 6) is 0.786. The number of aryl methyl sites for hydroxylation is 1. The van der Waals surface area contributed by atoms with Gasteiger partial charge in [-0.2, -0.15) is 0 Å². The first kappa shape index (κ1) is 15.0. The molecule has 2 aromatic heterocycles. The smallest absolute Gasteiger partial charge is 0.269 e. The fourth-order valence-electron chi connectivity index (χ4n) is 1.92. The van der Waals surface area contributed by atoms with E-state index < -0.39 is 0 Å². The Morgan fingerprint density at radius 2 is 2.14 bits per heavy atom. The lowest BCUT2D eigenvalue weighted by atomic mass is 10.3. The molecule has 1 amide bonds. The van der Waals surface area contributed by atoms with Crippen LogP contribution in [0.25, 0.3) is 0 Å². The van der Waals surface area contributed by atoms with Gasteiger partial charge in [0.05, 0.1) is 11.9 Å². The van der Waals surface area contributed by atoms with E-state index in [1.807, 2.05) is 23.9 Å². The molecule has 2 aromatic rings. The predicted molar refractivity (Wildman–Crippen MR) is 82.3 cm³/mol. The van der Waals surface area contributed by atoms with Crippen molar-refractivity contribution in [3.05, 3.63) is 42.2 Å². The highest BCUT2D eigenvalue weighted by Crippen LogP contribution is 2.06.